The molecule has 0 aromatic heterocycles. The number of esters is 1. The Balaban J connectivity index is 3.33. The fourth-order valence-electron chi connectivity index (χ4n) is 2.63. The van der Waals surface area contributed by atoms with Gasteiger partial charge in [0.15, 0.2) is 9.04 Å². The van der Waals surface area contributed by atoms with Gasteiger partial charge in [-0.2, -0.15) is 0 Å². The Morgan fingerprint density at radius 2 is 1.62 bits per heavy atom. The Labute approximate surface area is 148 Å². The molecule has 0 saturated heterocycles. The first-order valence-electron chi connectivity index (χ1n) is 8.53. The molecule has 1 unspecified atom stereocenters. The minimum Gasteiger partial charge on any atom is -0.466 e. The van der Waals surface area contributed by atoms with Gasteiger partial charge in [-0.15, -0.1) is 0 Å². The van der Waals surface area contributed by atoms with Crippen molar-refractivity contribution in [2.75, 3.05) is 7.11 Å². The molecule has 136 valence electrons. The van der Waals surface area contributed by atoms with Gasteiger partial charge in [-0.05, 0) is 24.1 Å². The normalized spacial score (nSPS) is 15.2. The number of methoxy groups -OCH3 is 1. The van der Waals surface area contributed by atoms with E-state index in [4.69, 9.17) is 9.16 Å². The highest BCUT2D eigenvalue weighted by atomic mass is 28.3. The van der Waals surface area contributed by atoms with Gasteiger partial charge in [-0.3, -0.25) is 5.32 Å². The van der Waals surface area contributed by atoms with Crippen LogP contribution in [0, 0.1) is 10.8 Å². The third-order valence-electron chi connectivity index (χ3n) is 5.02. The van der Waals surface area contributed by atoms with Crippen molar-refractivity contribution < 1.29 is 14.0 Å². The number of rotatable bonds is 7. The summed E-state index contributed by atoms with van der Waals surface area (Å²) in [6.07, 6.45) is 0. The maximum Gasteiger partial charge on any atom is 0.353 e. The first kappa shape index (κ1) is 20.9. The summed E-state index contributed by atoms with van der Waals surface area (Å²) in [5, 5.41) is 3.42. The molecule has 5 heteroatoms. The van der Waals surface area contributed by atoms with Crippen molar-refractivity contribution in [1.82, 2.24) is 5.32 Å². The molecule has 0 aliphatic rings. The van der Waals surface area contributed by atoms with Gasteiger partial charge < -0.3 is 9.16 Å². The van der Waals surface area contributed by atoms with E-state index in [0.29, 0.717) is 6.54 Å². The molecule has 1 atom stereocenters. The molecule has 1 aromatic rings. The fourth-order valence-corrected chi connectivity index (χ4v) is 3.81. The summed E-state index contributed by atoms with van der Waals surface area (Å²) in [6.45, 7) is 15.2. The van der Waals surface area contributed by atoms with Crippen molar-refractivity contribution in [2.45, 2.75) is 60.0 Å². The van der Waals surface area contributed by atoms with Gasteiger partial charge in [0.25, 0.3) is 0 Å². The third kappa shape index (κ3) is 4.26. The van der Waals surface area contributed by atoms with E-state index in [-0.39, 0.29) is 11.4 Å². The van der Waals surface area contributed by atoms with Crippen LogP contribution in [-0.4, -0.2) is 27.8 Å². The van der Waals surface area contributed by atoms with Crippen LogP contribution in [0.2, 0.25) is 13.1 Å². The Kier molecular flexibility index (Phi) is 6.79. The zero-order valence-corrected chi connectivity index (χ0v) is 17.6. The molecular weight excluding hydrogens is 318 g/mol. The maximum atomic E-state index is 12.9. The van der Waals surface area contributed by atoms with E-state index in [1.807, 2.05) is 30.3 Å². The standard InChI is InChI=1S/C19H33NO3Si/c1-17(2,3)18(4,5)19(16(21)22-6,23-24(7)8)20-14-15-12-10-9-11-13-15/h9-13,20,24H,14H2,1-8H3. The summed E-state index contributed by atoms with van der Waals surface area (Å²) in [6, 6.07) is 10.0. The number of benzene rings is 1. The first-order valence-corrected chi connectivity index (χ1v) is 11.3. The van der Waals surface area contributed by atoms with Gasteiger partial charge in [0.2, 0.25) is 5.72 Å². The van der Waals surface area contributed by atoms with Crippen LogP contribution >= 0.6 is 0 Å². The van der Waals surface area contributed by atoms with E-state index in [9.17, 15) is 4.79 Å². The zero-order valence-electron chi connectivity index (χ0n) is 16.4. The average molecular weight is 352 g/mol. The molecule has 1 aromatic carbocycles. The maximum absolute atomic E-state index is 12.9. The molecule has 0 radical (unpaired) electrons. The monoisotopic (exact) mass is 351 g/mol. The van der Waals surface area contributed by atoms with Gasteiger partial charge in [0, 0.05) is 12.0 Å². The van der Waals surface area contributed by atoms with Crippen molar-refractivity contribution in [3.8, 4) is 0 Å². The molecule has 0 amide bonds. The van der Waals surface area contributed by atoms with E-state index in [2.05, 4.69) is 53.0 Å². The van der Waals surface area contributed by atoms with Crippen LogP contribution in [0.15, 0.2) is 30.3 Å². The van der Waals surface area contributed by atoms with Crippen LogP contribution in [-0.2, 0) is 20.5 Å². The van der Waals surface area contributed by atoms with Crippen LogP contribution in [0.1, 0.15) is 40.2 Å². The first-order chi connectivity index (χ1) is 11.0. The molecular formula is C19H33NO3Si. The van der Waals surface area contributed by atoms with Gasteiger partial charge in [-0.1, -0.05) is 65.0 Å². The molecule has 1 N–H and O–H groups in total. The number of hydrogen-bond donors (Lipinski definition) is 1. The molecule has 1 rings (SSSR count). The summed E-state index contributed by atoms with van der Waals surface area (Å²) in [7, 11) is -0.104. The zero-order chi connectivity index (χ0) is 18.6. The van der Waals surface area contributed by atoms with Crippen LogP contribution in [0.4, 0.5) is 0 Å². The number of hydrogen-bond acceptors (Lipinski definition) is 4. The molecule has 0 bridgehead atoms. The number of carbonyl (C=O) groups is 1. The van der Waals surface area contributed by atoms with Crippen molar-refractivity contribution >= 4 is 15.0 Å². The highest BCUT2D eigenvalue weighted by Crippen LogP contribution is 2.48. The molecule has 0 spiro atoms. The Bertz CT molecular complexity index is 537. The molecule has 4 nitrogen and oxygen atoms in total. The predicted octanol–water partition coefficient (Wildman–Crippen LogP) is 3.72. The van der Waals surface area contributed by atoms with E-state index in [0.717, 1.165) is 5.56 Å². The summed E-state index contributed by atoms with van der Waals surface area (Å²) in [5.41, 5.74) is -0.742. The summed E-state index contributed by atoms with van der Waals surface area (Å²) in [4.78, 5) is 12.9. The SMILES string of the molecule is COC(=O)C(NCc1ccccc1)(O[SiH](C)C)C(C)(C)C(C)(C)C. The highest BCUT2D eigenvalue weighted by Gasteiger charge is 2.58. The number of ether oxygens (including phenoxy) is 1. The quantitative estimate of drug-likeness (QED) is 0.462. The Morgan fingerprint density at radius 3 is 2.04 bits per heavy atom. The Hall–Kier alpha value is -1.17. The van der Waals surface area contributed by atoms with Crippen molar-refractivity contribution in [3.63, 3.8) is 0 Å². The van der Waals surface area contributed by atoms with Gasteiger partial charge in [-0.25, -0.2) is 4.79 Å². The molecule has 24 heavy (non-hydrogen) atoms. The van der Waals surface area contributed by atoms with Crippen molar-refractivity contribution in [2.24, 2.45) is 10.8 Å². The highest BCUT2D eigenvalue weighted by molar-refractivity contribution is 6.48. The predicted molar refractivity (Wildman–Crippen MR) is 101 cm³/mol. The second-order valence-corrected chi connectivity index (χ2v) is 10.4. The lowest BCUT2D eigenvalue weighted by atomic mass is 9.62. The molecule has 0 fully saturated rings. The molecule has 0 saturated carbocycles. The van der Waals surface area contributed by atoms with Crippen LogP contribution < -0.4 is 5.32 Å². The lowest BCUT2D eigenvalue weighted by molar-refractivity contribution is -0.190. The molecule has 0 heterocycles. The van der Waals surface area contributed by atoms with E-state index < -0.39 is 20.2 Å². The van der Waals surface area contributed by atoms with Gasteiger partial charge in [0.05, 0.1) is 7.11 Å². The summed E-state index contributed by atoms with van der Waals surface area (Å²) < 4.78 is 11.5. The lowest BCUT2D eigenvalue weighted by Gasteiger charge is -2.52. The number of nitrogens with one attached hydrogen (secondary N) is 1. The Morgan fingerprint density at radius 1 is 1.08 bits per heavy atom. The van der Waals surface area contributed by atoms with Crippen molar-refractivity contribution in [3.05, 3.63) is 35.9 Å². The smallest absolute Gasteiger partial charge is 0.353 e. The van der Waals surface area contributed by atoms with Crippen molar-refractivity contribution in [1.29, 1.82) is 0 Å². The van der Waals surface area contributed by atoms with E-state index >= 15 is 0 Å². The summed E-state index contributed by atoms with van der Waals surface area (Å²) >= 11 is 0. The van der Waals surface area contributed by atoms with Gasteiger partial charge >= 0.3 is 5.97 Å². The van der Waals surface area contributed by atoms with E-state index in [1.54, 1.807) is 0 Å². The second kappa shape index (κ2) is 7.81. The third-order valence-corrected chi connectivity index (χ3v) is 5.85. The minimum atomic E-state index is -1.53. The van der Waals surface area contributed by atoms with Gasteiger partial charge in [0.1, 0.15) is 0 Å². The van der Waals surface area contributed by atoms with Crippen LogP contribution in [0.3, 0.4) is 0 Å². The average Bonchev–Trinajstić information content (AvgIpc) is 2.50. The second-order valence-electron chi connectivity index (χ2n) is 8.05. The largest absolute Gasteiger partial charge is 0.466 e. The van der Waals surface area contributed by atoms with Crippen LogP contribution in [0.5, 0.6) is 0 Å². The van der Waals surface area contributed by atoms with Crippen LogP contribution in [0.25, 0.3) is 0 Å². The number of carbonyl (C=O) groups excluding carboxylic acids is 1. The lowest BCUT2D eigenvalue weighted by Crippen LogP contribution is -2.68. The summed E-state index contributed by atoms with van der Waals surface area (Å²) in [5.74, 6) is -0.362. The topological polar surface area (TPSA) is 47.6 Å². The fraction of sp³-hybridized carbons (Fsp3) is 0.632. The molecule has 0 aliphatic carbocycles. The van der Waals surface area contributed by atoms with E-state index in [1.165, 1.54) is 7.11 Å². The minimum absolute atomic E-state index is 0.172. The molecule has 0 aliphatic heterocycles.